The van der Waals surface area contributed by atoms with Gasteiger partial charge in [-0.2, -0.15) is 0 Å². The van der Waals surface area contributed by atoms with Gasteiger partial charge in [0.15, 0.2) is 24.7 Å². The van der Waals surface area contributed by atoms with Gasteiger partial charge in [-0.25, -0.2) is 9.59 Å². The lowest BCUT2D eigenvalue weighted by Gasteiger charge is -2.13. The van der Waals surface area contributed by atoms with E-state index in [2.05, 4.69) is 5.32 Å². The van der Waals surface area contributed by atoms with Crippen molar-refractivity contribution >= 4 is 17.9 Å². The van der Waals surface area contributed by atoms with E-state index in [0.29, 0.717) is 24.7 Å². The van der Waals surface area contributed by atoms with E-state index in [9.17, 15) is 14.4 Å². The number of hydrogen-bond acceptors (Lipinski definition) is 6. The largest absolute Gasteiger partial charge is 0.490 e. The van der Waals surface area contributed by atoms with Crippen LogP contribution in [0.25, 0.3) is 0 Å². The van der Waals surface area contributed by atoms with Crippen molar-refractivity contribution in [3.05, 3.63) is 24.3 Å². The third-order valence-electron chi connectivity index (χ3n) is 3.01. The molecule has 1 N–H and O–H groups in total. The van der Waals surface area contributed by atoms with Crippen LogP contribution < -0.4 is 14.8 Å². The summed E-state index contributed by atoms with van der Waals surface area (Å²) < 4.78 is 15.5. The van der Waals surface area contributed by atoms with Crippen molar-refractivity contribution in [2.45, 2.75) is 6.92 Å². The lowest BCUT2D eigenvalue weighted by molar-refractivity contribution is -0.152. The summed E-state index contributed by atoms with van der Waals surface area (Å²) in [6, 6.07) is 6.44. The zero-order valence-corrected chi connectivity index (χ0v) is 12.7. The van der Waals surface area contributed by atoms with Gasteiger partial charge in [-0.1, -0.05) is 12.1 Å². The van der Waals surface area contributed by atoms with Crippen molar-refractivity contribution in [3.8, 4) is 11.5 Å². The Hall–Kier alpha value is -2.77. The van der Waals surface area contributed by atoms with Crippen LogP contribution >= 0.6 is 0 Å². The first-order valence-electron chi connectivity index (χ1n) is 7.20. The molecule has 1 aliphatic heterocycles. The van der Waals surface area contributed by atoms with Crippen LogP contribution in [0.15, 0.2) is 24.3 Å². The van der Waals surface area contributed by atoms with Crippen LogP contribution in [0.2, 0.25) is 0 Å². The number of hydrogen-bond donors (Lipinski definition) is 1. The molecule has 1 heterocycles. The Balaban J connectivity index is 1.77. The van der Waals surface area contributed by atoms with E-state index in [-0.39, 0.29) is 13.2 Å². The fraction of sp³-hybridized carbons (Fsp3) is 0.400. The maximum absolute atomic E-state index is 11.7. The molecule has 2 rings (SSSR count). The number of nitrogens with zero attached hydrogens (tertiary/aromatic N) is 1. The molecule has 23 heavy (non-hydrogen) atoms. The number of urea groups is 1. The molecule has 124 valence electrons. The average Bonchev–Trinajstić information content (AvgIpc) is 2.98. The van der Waals surface area contributed by atoms with E-state index >= 15 is 0 Å². The second-order valence-corrected chi connectivity index (χ2v) is 4.61. The van der Waals surface area contributed by atoms with Gasteiger partial charge in [0.1, 0.15) is 0 Å². The van der Waals surface area contributed by atoms with Gasteiger partial charge in [-0.05, 0) is 19.1 Å². The molecule has 0 radical (unpaired) electrons. The van der Waals surface area contributed by atoms with Gasteiger partial charge in [-0.3, -0.25) is 9.69 Å². The molecule has 3 amide bonds. The Bertz CT molecular complexity index is 589. The van der Waals surface area contributed by atoms with Gasteiger partial charge < -0.3 is 19.5 Å². The number of amides is 3. The average molecular weight is 322 g/mol. The number of carbonyl (C=O) groups excluding carboxylic acids is 3. The Labute approximate surface area is 133 Å². The quantitative estimate of drug-likeness (QED) is 0.737. The molecular weight excluding hydrogens is 304 g/mol. The summed E-state index contributed by atoms with van der Waals surface area (Å²) in [5.74, 6) is -0.337. The fourth-order valence-electron chi connectivity index (χ4n) is 1.95. The van der Waals surface area contributed by atoms with Crippen LogP contribution in [-0.2, 0) is 14.3 Å². The van der Waals surface area contributed by atoms with E-state index in [1.54, 1.807) is 24.3 Å². The molecule has 0 bridgehead atoms. The minimum atomic E-state index is -0.704. The Morgan fingerprint density at radius 3 is 2.48 bits per heavy atom. The minimum Gasteiger partial charge on any atom is -0.490 e. The van der Waals surface area contributed by atoms with Gasteiger partial charge >= 0.3 is 12.0 Å². The minimum absolute atomic E-state index is 0.271. The monoisotopic (exact) mass is 322 g/mol. The van der Waals surface area contributed by atoms with E-state index in [1.165, 1.54) is 0 Å². The lowest BCUT2D eigenvalue weighted by Crippen LogP contribution is -2.37. The molecule has 1 aromatic carbocycles. The predicted octanol–water partition coefficient (Wildman–Crippen LogP) is 0.559. The highest BCUT2D eigenvalue weighted by Crippen LogP contribution is 2.26. The molecule has 1 aliphatic rings. The maximum atomic E-state index is 11.7. The summed E-state index contributed by atoms with van der Waals surface area (Å²) in [5, 5.41) is 2.49. The summed E-state index contributed by atoms with van der Waals surface area (Å²) >= 11 is 0. The van der Waals surface area contributed by atoms with Crippen LogP contribution in [0.4, 0.5) is 4.79 Å². The van der Waals surface area contributed by atoms with Crippen molar-refractivity contribution in [1.29, 1.82) is 0 Å². The number of ether oxygens (including phenoxy) is 3. The van der Waals surface area contributed by atoms with Crippen molar-refractivity contribution < 1.29 is 28.6 Å². The number of carbonyl (C=O) groups is 3. The summed E-state index contributed by atoms with van der Waals surface area (Å²) in [6.07, 6.45) is 0. The predicted molar refractivity (Wildman–Crippen MR) is 79.2 cm³/mol. The normalized spacial score (nSPS) is 13.4. The lowest BCUT2D eigenvalue weighted by atomic mass is 10.3. The zero-order valence-electron chi connectivity index (χ0n) is 12.7. The Morgan fingerprint density at radius 1 is 1.17 bits per heavy atom. The molecule has 0 aromatic heterocycles. The van der Waals surface area contributed by atoms with Crippen LogP contribution in [0.3, 0.4) is 0 Å². The van der Waals surface area contributed by atoms with Gasteiger partial charge in [0, 0.05) is 13.1 Å². The highest BCUT2D eigenvalue weighted by Gasteiger charge is 2.26. The van der Waals surface area contributed by atoms with Gasteiger partial charge in [-0.15, -0.1) is 0 Å². The number of nitrogens with one attached hydrogen (secondary N) is 1. The van der Waals surface area contributed by atoms with Crippen LogP contribution in [-0.4, -0.2) is 55.7 Å². The molecule has 0 spiro atoms. The van der Waals surface area contributed by atoms with E-state index in [0.717, 1.165) is 4.90 Å². The number of imide groups is 1. The van der Waals surface area contributed by atoms with E-state index < -0.39 is 24.5 Å². The first-order valence-corrected chi connectivity index (χ1v) is 7.20. The van der Waals surface area contributed by atoms with Crippen LogP contribution in [0, 0.1) is 0 Å². The van der Waals surface area contributed by atoms with Crippen molar-refractivity contribution in [2.24, 2.45) is 0 Å². The second-order valence-electron chi connectivity index (χ2n) is 4.61. The smallest absolute Gasteiger partial charge is 0.344 e. The molecule has 8 nitrogen and oxygen atoms in total. The van der Waals surface area contributed by atoms with E-state index in [4.69, 9.17) is 14.2 Å². The third kappa shape index (κ3) is 4.60. The van der Waals surface area contributed by atoms with Gasteiger partial charge in [0.2, 0.25) is 0 Å². The SMILES string of the molecule is CCOc1ccccc1OCC(=O)OCC(=O)N1CCNC1=O. The van der Waals surface area contributed by atoms with Gasteiger partial charge in [0.05, 0.1) is 6.61 Å². The highest BCUT2D eigenvalue weighted by molar-refractivity contribution is 5.96. The van der Waals surface area contributed by atoms with Crippen LogP contribution in [0.1, 0.15) is 6.92 Å². The molecule has 0 saturated carbocycles. The number of rotatable bonds is 7. The van der Waals surface area contributed by atoms with Crippen molar-refractivity contribution in [1.82, 2.24) is 10.2 Å². The maximum Gasteiger partial charge on any atom is 0.344 e. The zero-order chi connectivity index (χ0) is 16.7. The second kappa shape index (κ2) is 8.02. The molecule has 1 aromatic rings. The molecule has 8 heteroatoms. The summed E-state index contributed by atoms with van der Waals surface area (Å²) in [5.41, 5.74) is 0. The first-order chi connectivity index (χ1) is 11.1. The number of para-hydroxylation sites is 2. The van der Waals surface area contributed by atoms with Crippen molar-refractivity contribution in [3.63, 3.8) is 0 Å². The first kappa shape index (κ1) is 16.6. The molecule has 0 aliphatic carbocycles. The summed E-state index contributed by atoms with van der Waals surface area (Å²) in [7, 11) is 0. The molecule has 1 saturated heterocycles. The van der Waals surface area contributed by atoms with E-state index in [1.807, 2.05) is 6.92 Å². The van der Waals surface area contributed by atoms with Crippen LogP contribution in [0.5, 0.6) is 11.5 Å². The Kier molecular flexibility index (Phi) is 5.79. The molecule has 0 unspecified atom stereocenters. The number of benzene rings is 1. The summed E-state index contributed by atoms with van der Waals surface area (Å²) in [4.78, 5) is 35.6. The molecule has 0 atom stereocenters. The summed E-state index contributed by atoms with van der Waals surface area (Å²) in [6.45, 7) is 2.12. The Morgan fingerprint density at radius 2 is 1.87 bits per heavy atom. The molecular formula is C15H18N2O6. The topological polar surface area (TPSA) is 94.2 Å². The third-order valence-corrected chi connectivity index (χ3v) is 3.01. The standard InChI is InChI=1S/C15H18N2O6/c1-2-21-11-5-3-4-6-12(11)22-10-14(19)23-9-13(18)17-8-7-16-15(17)20/h3-6H,2,7-10H2,1H3,(H,16,20). The van der Waals surface area contributed by atoms with Gasteiger partial charge in [0.25, 0.3) is 5.91 Å². The molecule has 1 fully saturated rings. The van der Waals surface area contributed by atoms with Crippen molar-refractivity contribution in [2.75, 3.05) is 32.9 Å². The highest BCUT2D eigenvalue weighted by atomic mass is 16.6. The number of esters is 1. The fourth-order valence-corrected chi connectivity index (χ4v) is 1.95.